The fourth-order valence-corrected chi connectivity index (χ4v) is 3.56. The summed E-state index contributed by atoms with van der Waals surface area (Å²) in [5.74, 6) is 0. The molecule has 0 spiro atoms. The van der Waals surface area contributed by atoms with E-state index < -0.39 is 0 Å². The second kappa shape index (κ2) is 5.87. The van der Waals surface area contributed by atoms with Gasteiger partial charge in [0.2, 0.25) is 0 Å². The van der Waals surface area contributed by atoms with Crippen molar-refractivity contribution in [2.75, 3.05) is 5.32 Å². The van der Waals surface area contributed by atoms with Crippen LogP contribution in [0.5, 0.6) is 0 Å². The first-order chi connectivity index (χ1) is 12.0. The Balaban J connectivity index is 1.50. The van der Waals surface area contributed by atoms with Crippen molar-refractivity contribution in [1.82, 2.24) is 29.9 Å². The number of aromatic nitrogens is 5. The van der Waals surface area contributed by atoms with Crippen LogP contribution in [-0.2, 0) is 20.5 Å². The van der Waals surface area contributed by atoms with Gasteiger partial charge in [-0.15, -0.1) is 0 Å². The van der Waals surface area contributed by atoms with Crippen LogP contribution < -0.4 is 10.6 Å². The Morgan fingerprint density at radius 2 is 2.12 bits per heavy atom. The largest absolute Gasteiger partial charge is 0.331 e. The highest BCUT2D eigenvalue weighted by Crippen LogP contribution is 2.29. The highest BCUT2D eigenvalue weighted by Gasteiger charge is 2.24. The summed E-state index contributed by atoms with van der Waals surface area (Å²) in [5.41, 5.74) is 4.66. The maximum absolute atomic E-state index is 12.4. The third-order valence-electron chi connectivity index (χ3n) is 4.80. The number of pyridine rings is 1. The lowest BCUT2D eigenvalue weighted by Gasteiger charge is -2.23. The summed E-state index contributed by atoms with van der Waals surface area (Å²) in [7, 11) is 3.80. The summed E-state index contributed by atoms with van der Waals surface area (Å²) in [6.45, 7) is 1.93. The van der Waals surface area contributed by atoms with Gasteiger partial charge in [-0.1, -0.05) is 0 Å². The third-order valence-corrected chi connectivity index (χ3v) is 4.80. The SMILES string of the molecule is Cc1nn(C)c2ncc(NC(=O)NC3CCCc4c3cnn4C)cc12. The molecular weight excluding hydrogens is 318 g/mol. The number of aryl methyl sites for hydroxylation is 3. The number of urea groups is 1. The Hall–Kier alpha value is -2.90. The highest BCUT2D eigenvalue weighted by atomic mass is 16.2. The maximum Gasteiger partial charge on any atom is 0.319 e. The van der Waals surface area contributed by atoms with Crippen molar-refractivity contribution in [1.29, 1.82) is 0 Å². The molecule has 1 atom stereocenters. The third kappa shape index (κ3) is 2.73. The number of anilines is 1. The number of carbonyl (C=O) groups is 1. The molecule has 4 rings (SSSR count). The van der Waals surface area contributed by atoms with Gasteiger partial charge < -0.3 is 10.6 Å². The van der Waals surface area contributed by atoms with Crippen LogP contribution in [0.25, 0.3) is 11.0 Å². The molecule has 8 nitrogen and oxygen atoms in total. The van der Waals surface area contributed by atoms with E-state index in [0.717, 1.165) is 41.6 Å². The fourth-order valence-electron chi connectivity index (χ4n) is 3.56. The molecule has 3 heterocycles. The average molecular weight is 339 g/mol. The second-order valence-electron chi connectivity index (χ2n) is 6.52. The van der Waals surface area contributed by atoms with Crippen LogP contribution in [0.4, 0.5) is 10.5 Å². The van der Waals surface area contributed by atoms with Crippen LogP contribution in [0, 0.1) is 6.92 Å². The first kappa shape index (κ1) is 15.6. The second-order valence-corrected chi connectivity index (χ2v) is 6.52. The van der Waals surface area contributed by atoms with Gasteiger partial charge in [0.1, 0.15) is 0 Å². The van der Waals surface area contributed by atoms with Gasteiger partial charge in [-0.2, -0.15) is 10.2 Å². The maximum atomic E-state index is 12.4. The van der Waals surface area contributed by atoms with Gasteiger partial charge in [-0.25, -0.2) is 9.78 Å². The van der Waals surface area contributed by atoms with Crippen molar-refractivity contribution in [2.24, 2.45) is 14.1 Å². The minimum absolute atomic E-state index is 0.00531. The van der Waals surface area contributed by atoms with Gasteiger partial charge in [0.15, 0.2) is 5.65 Å². The van der Waals surface area contributed by atoms with E-state index in [2.05, 4.69) is 25.8 Å². The molecule has 0 radical (unpaired) electrons. The molecule has 0 aromatic carbocycles. The number of nitrogens with one attached hydrogen (secondary N) is 2. The van der Waals surface area contributed by atoms with E-state index in [9.17, 15) is 4.79 Å². The Morgan fingerprint density at radius 3 is 2.96 bits per heavy atom. The van der Waals surface area contributed by atoms with E-state index in [1.165, 1.54) is 5.69 Å². The lowest BCUT2D eigenvalue weighted by Crippen LogP contribution is -2.34. The molecule has 2 N–H and O–H groups in total. The Kier molecular flexibility index (Phi) is 3.67. The fraction of sp³-hybridized carbons (Fsp3) is 0.412. The summed E-state index contributed by atoms with van der Waals surface area (Å²) in [5, 5.41) is 15.5. The first-order valence-corrected chi connectivity index (χ1v) is 8.40. The molecule has 0 fully saturated rings. The lowest BCUT2D eigenvalue weighted by molar-refractivity contribution is 0.247. The summed E-state index contributed by atoms with van der Waals surface area (Å²) in [6.07, 6.45) is 6.48. The van der Waals surface area contributed by atoms with Crippen LogP contribution in [0.3, 0.4) is 0 Å². The monoisotopic (exact) mass is 339 g/mol. The quantitative estimate of drug-likeness (QED) is 0.749. The molecule has 2 amide bonds. The first-order valence-electron chi connectivity index (χ1n) is 8.40. The van der Waals surface area contributed by atoms with E-state index in [4.69, 9.17) is 0 Å². The average Bonchev–Trinajstić information content (AvgIpc) is 3.09. The van der Waals surface area contributed by atoms with Gasteiger partial charge in [0.25, 0.3) is 0 Å². The van der Waals surface area contributed by atoms with Gasteiger partial charge >= 0.3 is 6.03 Å². The van der Waals surface area contributed by atoms with Gasteiger partial charge in [0, 0.05) is 30.7 Å². The predicted molar refractivity (Wildman–Crippen MR) is 94.3 cm³/mol. The zero-order chi connectivity index (χ0) is 17.6. The summed E-state index contributed by atoms with van der Waals surface area (Å²) >= 11 is 0. The van der Waals surface area contributed by atoms with Crippen molar-refractivity contribution in [3.63, 3.8) is 0 Å². The molecule has 3 aromatic rings. The Morgan fingerprint density at radius 1 is 1.28 bits per heavy atom. The highest BCUT2D eigenvalue weighted by molar-refractivity contribution is 5.92. The van der Waals surface area contributed by atoms with E-state index in [0.29, 0.717) is 5.69 Å². The number of rotatable bonds is 2. The minimum Gasteiger partial charge on any atom is -0.331 e. The van der Waals surface area contributed by atoms with Crippen molar-refractivity contribution in [3.05, 3.63) is 35.4 Å². The molecule has 1 aliphatic rings. The molecule has 1 unspecified atom stereocenters. The molecular formula is C17H21N7O. The number of nitrogens with zero attached hydrogens (tertiary/aromatic N) is 5. The smallest absolute Gasteiger partial charge is 0.319 e. The van der Waals surface area contributed by atoms with Crippen LogP contribution in [-0.4, -0.2) is 30.6 Å². The Bertz CT molecular complexity index is 955. The van der Waals surface area contributed by atoms with Crippen molar-refractivity contribution in [2.45, 2.75) is 32.2 Å². The van der Waals surface area contributed by atoms with Crippen molar-refractivity contribution >= 4 is 22.8 Å². The molecule has 130 valence electrons. The molecule has 25 heavy (non-hydrogen) atoms. The molecule has 0 bridgehead atoms. The van der Waals surface area contributed by atoms with Crippen molar-refractivity contribution < 1.29 is 4.79 Å². The van der Waals surface area contributed by atoms with Gasteiger partial charge in [-0.3, -0.25) is 9.36 Å². The normalized spacial score (nSPS) is 16.7. The molecule has 0 saturated carbocycles. The minimum atomic E-state index is -0.232. The summed E-state index contributed by atoms with van der Waals surface area (Å²) in [6, 6.07) is 1.67. The number of hydrogen-bond donors (Lipinski definition) is 2. The van der Waals surface area contributed by atoms with E-state index in [-0.39, 0.29) is 12.1 Å². The van der Waals surface area contributed by atoms with E-state index >= 15 is 0 Å². The van der Waals surface area contributed by atoms with Crippen LogP contribution in [0.2, 0.25) is 0 Å². The van der Waals surface area contributed by atoms with Gasteiger partial charge in [0.05, 0.1) is 29.8 Å². The number of amides is 2. The van der Waals surface area contributed by atoms with Crippen LogP contribution in [0.1, 0.15) is 35.8 Å². The Labute approximate surface area is 145 Å². The van der Waals surface area contributed by atoms with Crippen LogP contribution in [0.15, 0.2) is 18.5 Å². The van der Waals surface area contributed by atoms with Crippen LogP contribution >= 0.6 is 0 Å². The number of fused-ring (bicyclic) bond motifs is 2. The topological polar surface area (TPSA) is 89.7 Å². The molecule has 3 aromatic heterocycles. The summed E-state index contributed by atoms with van der Waals surface area (Å²) in [4.78, 5) is 16.8. The van der Waals surface area contributed by atoms with Crippen molar-refractivity contribution in [3.8, 4) is 0 Å². The number of carbonyl (C=O) groups excluding carboxylic acids is 1. The van der Waals surface area contributed by atoms with E-state index in [1.807, 2.05) is 38.0 Å². The standard InChI is InChI=1S/C17H21N7O/c1-10-12-7-11(8-18-16(12)24(3)22-10)20-17(25)21-14-5-4-6-15-13(14)9-19-23(15)2/h7-9,14H,4-6H2,1-3H3,(H2,20,21,25). The number of hydrogen-bond acceptors (Lipinski definition) is 4. The van der Waals surface area contributed by atoms with Gasteiger partial charge in [-0.05, 0) is 32.3 Å². The lowest BCUT2D eigenvalue weighted by atomic mass is 9.93. The van der Waals surface area contributed by atoms with E-state index in [1.54, 1.807) is 10.9 Å². The predicted octanol–water partition coefficient (Wildman–Crippen LogP) is 2.21. The summed E-state index contributed by atoms with van der Waals surface area (Å²) < 4.78 is 3.63. The molecule has 8 heteroatoms. The zero-order valence-corrected chi connectivity index (χ0v) is 14.6. The molecule has 0 saturated heterocycles. The molecule has 0 aliphatic heterocycles. The zero-order valence-electron chi connectivity index (χ0n) is 14.6. The molecule has 1 aliphatic carbocycles.